The molecule has 1 atom stereocenters. The summed E-state index contributed by atoms with van der Waals surface area (Å²) in [5.74, 6) is -2.40. The first-order chi connectivity index (χ1) is 13.1. The number of hydrogen-bond acceptors (Lipinski definition) is 2. The topological polar surface area (TPSA) is 46.9 Å². The monoisotopic (exact) mass is 367 g/mol. The molecule has 1 aliphatic carbocycles. The van der Waals surface area contributed by atoms with Crippen LogP contribution in [0.5, 0.6) is 0 Å². The lowest BCUT2D eigenvalue weighted by atomic mass is 9.92. The molecule has 0 radical (unpaired) electrons. The standard InChI is InChI=1S/C21H19F2N3O/c22-17-10-9-15(11-18(17)23)21(27)25-19-7-4-8-20-16(19)12-24-26(20)13-14-5-2-1-3-6-14/h1-3,5-6,9-12,19H,4,7-8,13H2,(H,25,27)/t19-/m1/s1. The summed E-state index contributed by atoms with van der Waals surface area (Å²) >= 11 is 0. The fourth-order valence-corrected chi connectivity index (χ4v) is 3.54. The molecule has 3 aromatic rings. The van der Waals surface area contributed by atoms with Gasteiger partial charge in [0.25, 0.3) is 5.91 Å². The summed E-state index contributed by atoms with van der Waals surface area (Å²) in [7, 11) is 0. The van der Waals surface area contributed by atoms with Gasteiger partial charge in [0, 0.05) is 16.8 Å². The number of aromatic nitrogens is 2. The average molecular weight is 367 g/mol. The zero-order valence-electron chi connectivity index (χ0n) is 14.7. The van der Waals surface area contributed by atoms with Crippen LogP contribution in [0.2, 0.25) is 0 Å². The number of halogens is 2. The minimum absolute atomic E-state index is 0.109. The molecule has 4 rings (SSSR count). The molecular formula is C21H19F2N3O. The molecular weight excluding hydrogens is 348 g/mol. The van der Waals surface area contributed by atoms with E-state index in [1.54, 1.807) is 6.20 Å². The molecule has 0 unspecified atom stereocenters. The second kappa shape index (κ2) is 7.31. The summed E-state index contributed by atoms with van der Waals surface area (Å²) < 4.78 is 28.5. The van der Waals surface area contributed by atoms with Gasteiger partial charge in [-0.05, 0) is 43.0 Å². The predicted octanol–water partition coefficient (Wildman–Crippen LogP) is 4.02. The molecule has 4 nitrogen and oxygen atoms in total. The summed E-state index contributed by atoms with van der Waals surface area (Å²) in [5.41, 5.74) is 3.38. The zero-order valence-corrected chi connectivity index (χ0v) is 14.7. The summed E-state index contributed by atoms with van der Waals surface area (Å²) in [6, 6.07) is 13.1. The van der Waals surface area contributed by atoms with E-state index >= 15 is 0 Å². The van der Waals surface area contributed by atoms with E-state index in [0.717, 1.165) is 48.2 Å². The van der Waals surface area contributed by atoms with Crippen molar-refractivity contribution in [1.29, 1.82) is 0 Å². The third-order valence-corrected chi connectivity index (χ3v) is 4.93. The average Bonchev–Trinajstić information content (AvgIpc) is 3.09. The number of rotatable bonds is 4. The Morgan fingerprint density at radius 1 is 1.15 bits per heavy atom. The van der Waals surface area contributed by atoms with Gasteiger partial charge >= 0.3 is 0 Å². The summed E-state index contributed by atoms with van der Waals surface area (Å²) in [6.45, 7) is 0.681. The summed E-state index contributed by atoms with van der Waals surface area (Å²) in [5, 5.41) is 7.44. The zero-order chi connectivity index (χ0) is 18.8. The van der Waals surface area contributed by atoms with Gasteiger partial charge in [-0.2, -0.15) is 5.10 Å². The van der Waals surface area contributed by atoms with Crippen LogP contribution in [-0.2, 0) is 13.0 Å². The lowest BCUT2D eigenvalue weighted by molar-refractivity contribution is 0.0932. The molecule has 1 N–H and O–H groups in total. The Morgan fingerprint density at radius 2 is 1.96 bits per heavy atom. The SMILES string of the molecule is O=C(N[C@@H]1CCCc2c1cnn2Cc1ccccc1)c1ccc(F)c(F)c1. The van der Waals surface area contributed by atoms with Gasteiger partial charge in [-0.3, -0.25) is 9.48 Å². The van der Waals surface area contributed by atoms with Crippen LogP contribution in [0.3, 0.4) is 0 Å². The molecule has 0 aliphatic heterocycles. The molecule has 1 aromatic heterocycles. The number of fused-ring (bicyclic) bond motifs is 1. The molecule has 0 saturated heterocycles. The Hall–Kier alpha value is -3.02. The van der Waals surface area contributed by atoms with Crippen molar-refractivity contribution in [2.75, 3.05) is 0 Å². The van der Waals surface area contributed by atoms with Crippen LogP contribution in [-0.4, -0.2) is 15.7 Å². The Balaban J connectivity index is 1.53. The first-order valence-electron chi connectivity index (χ1n) is 8.96. The molecule has 6 heteroatoms. The molecule has 1 heterocycles. The van der Waals surface area contributed by atoms with Gasteiger partial charge in [-0.1, -0.05) is 30.3 Å². The second-order valence-corrected chi connectivity index (χ2v) is 6.74. The molecule has 0 saturated carbocycles. The summed E-state index contributed by atoms with van der Waals surface area (Å²) in [6.07, 6.45) is 4.42. The van der Waals surface area contributed by atoms with Gasteiger partial charge in [0.2, 0.25) is 0 Å². The maximum atomic E-state index is 13.4. The van der Waals surface area contributed by atoms with E-state index < -0.39 is 17.5 Å². The lowest BCUT2D eigenvalue weighted by Gasteiger charge is -2.24. The molecule has 0 fully saturated rings. The van der Waals surface area contributed by atoms with Crippen LogP contribution in [0.4, 0.5) is 8.78 Å². The van der Waals surface area contributed by atoms with E-state index in [9.17, 15) is 13.6 Å². The molecule has 1 amide bonds. The van der Waals surface area contributed by atoms with Crippen molar-refractivity contribution in [3.8, 4) is 0 Å². The highest BCUT2D eigenvalue weighted by atomic mass is 19.2. The minimum atomic E-state index is -1.03. The van der Waals surface area contributed by atoms with Gasteiger partial charge in [-0.25, -0.2) is 8.78 Å². The highest BCUT2D eigenvalue weighted by Crippen LogP contribution is 2.30. The van der Waals surface area contributed by atoms with Crippen LogP contribution in [0.15, 0.2) is 54.7 Å². The van der Waals surface area contributed by atoms with Crippen molar-refractivity contribution >= 4 is 5.91 Å². The maximum absolute atomic E-state index is 13.4. The number of carbonyl (C=O) groups excluding carboxylic acids is 1. The molecule has 1 aliphatic rings. The van der Waals surface area contributed by atoms with Gasteiger partial charge in [0.05, 0.1) is 18.8 Å². The number of nitrogens with zero attached hydrogens (tertiary/aromatic N) is 2. The number of benzene rings is 2. The minimum Gasteiger partial charge on any atom is -0.345 e. The van der Waals surface area contributed by atoms with E-state index in [1.165, 1.54) is 6.07 Å². The molecule has 0 bridgehead atoms. The smallest absolute Gasteiger partial charge is 0.251 e. The second-order valence-electron chi connectivity index (χ2n) is 6.74. The first kappa shape index (κ1) is 17.4. The molecule has 0 spiro atoms. The maximum Gasteiger partial charge on any atom is 0.251 e. The van der Waals surface area contributed by atoms with Gasteiger partial charge in [0.1, 0.15) is 0 Å². The number of carbonyl (C=O) groups is 1. The van der Waals surface area contributed by atoms with Gasteiger partial charge in [-0.15, -0.1) is 0 Å². The predicted molar refractivity (Wildman–Crippen MR) is 97.3 cm³/mol. The van der Waals surface area contributed by atoms with Crippen LogP contribution in [0.1, 0.15) is 46.1 Å². The number of nitrogens with one attached hydrogen (secondary N) is 1. The Kier molecular flexibility index (Phi) is 4.71. The third kappa shape index (κ3) is 3.60. The Labute approximate surface area is 155 Å². The van der Waals surface area contributed by atoms with E-state index in [1.807, 2.05) is 22.9 Å². The third-order valence-electron chi connectivity index (χ3n) is 4.93. The van der Waals surface area contributed by atoms with Crippen molar-refractivity contribution < 1.29 is 13.6 Å². The quantitative estimate of drug-likeness (QED) is 0.757. The van der Waals surface area contributed by atoms with E-state index in [-0.39, 0.29) is 11.6 Å². The van der Waals surface area contributed by atoms with Crippen molar-refractivity contribution in [2.24, 2.45) is 0 Å². The van der Waals surface area contributed by atoms with E-state index in [0.29, 0.717) is 6.54 Å². The van der Waals surface area contributed by atoms with E-state index in [2.05, 4.69) is 22.5 Å². The van der Waals surface area contributed by atoms with Crippen LogP contribution < -0.4 is 5.32 Å². The van der Waals surface area contributed by atoms with Crippen LogP contribution in [0, 0.1) is 11.6 Å². The Morgan fingerprint density at radius 3 is 2.74 bits per heavy atom. The fraction of sp³-hybridized carbons (Fsp3) is 0.238. The van der Waals surface area contributed by atoms with Crippen LogP contribution in [0.25, 0.3) is 0 Å². The van der Waals surface area contributed by atoms with Crippen molar-refractivity contribution in [3.63, 3.8) is 0 Å². The van der Waals surface area contributed by atoms with E-state index in [4.69, 9.17) is 0 Å². The lowest BCUT2D eigenvalue weighted by Crippen LogP contribution is -2.31. The van der Waals surface area contributed by atoms with Gasteiger partial charge < -0.3 is 5.32 Å². The largest absolute Gasteiger partial charge is 0.345 e. The highest BCUT2D eigenvalue weighted by molar-refractivity contribution is 5.94. The normalized spacial score (nSPS) is 16.0. The number of amides is 1. The number of hydrogen-bond donors (Lipinski definition) is 1. The molecule has 2 aromatic carbocycles. The Bertz CT molecular complexity index is 969. The summed E-state index contributed by atoms with van der Waals surface area (Å²) in [4.78, 5) is 12.5. The molecule has 27 heavy (non-hydrogen) atoms. The van der Waals surface area contributed by atoms with Crippen molar-refractivity contribution in [2.45, 2.75) is 31.8 Å². The van der Waals surface area contributed by atoms with Gasteiger partial charge in [0.15, 0.2) is 11.6 Å². The van der Waals surface area contributed by atoms with Crippen LogP contribution >= 0.6 is 0 Å². The van der Waals surface area contributed by atoms with Crippen molar-refractivity contribution in [3.05, 3.63) is 88.7 Å². The van der Waals surface area contributed by atoms with Crippen molar-refractivity contribution in [1.82, 2.24) is 15.1 Å². The highest BCUT2D eigenvalue weighted by Gasteiger charge is 2.26. The first-order valence-corrected chi connectivity index (χ1v) is 8.96. The fourth-order valence-electron chi connectivity index (χ4n) is 3.54. The molecule has 138 valence electrons.